The Morgan fingerprint density at radius 3 is 2.42 bits per heavy atom. The first-order valence-electron chi connectivity index (χ1n) is 12.4. The number of para-hydroxylation sites is 1. The molecule has 0 atom stereocenters. The van der Waals surface area contributed by atoms with Crippen LogP contribution in [0.15, 0.2) is 66.9 Å². The third kappa shape index (κ3) is 6.47. The van der Waals surface area contributed by atoms with Crippen LogP contribution in [0.25, 0.3) is 16.9 Å². The van der Waals surface area contributed by atoms with Crippen LogP contribution in [-0.4, -0.2) is 28.9 Å². The van der Waals surface area contributed by atoms with Crippen LogP contribution in [0.2, 0.25) is 10.0 Å². The van der Waals surface area contributed by atoms with Gasteiger partial charge >= 0.3 is 0 Å². The van der Waals surface area contributed by atoms with Gasteiger partial charge in [0.15, 0.2) is 17.3 Å². The molecule has 0 aliphatic heterocycles. The minimum Gasteiger partial charge on any atom is -0.491 e. The van der Waals surface area contributed by atoms with Crippen molar-refractivity contribution in [3.63, 3.8) is 0 Å². The molecule has 38 heavy (non-hydrogen) atoms. The summed E-state index contributed by atoms with van der Waals surface area (Å²) in [6.45, 7) is 4.85. The van der Waals surface area contributed by atoms with Crippen LogP contribution in [0.4, 0.5) is 4.39 Å². The maximum atomic E-state index is 14.9. The number of aromatic nitrogens is 2. The van der Waals surface area contributed by atoms with Crippen LogP contribution >= 0.6 is 23.2 Å². The van der Waals surface area contributed by atoms with Gasteiger partial charge in [0.2, 0.25) is 0 Å². The normalized spacial score (nSPS) is 10.9. The van der Waals surface area contributed by atoms with Crippen LogP contribution in [0.3, 0.4) is 0 Å². The molecule has 0 aliphatic rings. The standard InChI is InChI=1S/C29H28Cl2FN3O3/c1-3-5-13-38-26-12-11-19(16-25(26)32)27-21(18-35(34-27)22-9-7-6-8-10-22)17-33-29(36)20-14-23(30)28(37-4-2)24(31)15-20/h6-12,14-16,18H,3-5,13,17H2,1-2H3,(H,33,36). The van der Waals surface area contributed by atoms with Crippen LogP contribution < -0.4 is 14.8 Å². The molecule has 3 aromatic carbocycles. The quantitative estimate of drug-likeness (QED) is 0.195. The van der Waals surface area contributed by atoms with Crippen LogP contribution in [0.1, 0.15) is 42.6 Å². The third-order valence-corrected chi connectivity index (χ3v) is 6.32. The molecule has 0 aliphatic carbocycles. The zero-order valence-electron chi connectivity index (χ0n) is 21.1. The average molecular weight is 556 g/mol. The summed E-state index contributed by atoms with van der Waals surface area (Å²) in [7, 11) is 0. The van der Waals surface area contributed by atoms with Gasteiger partial charge in [-0.1, -0.05) is 54.7 Å². The molecular weight excluding hydrogens is 528 g/mol. The lowest BCUT2D eigenvalue weighted by atomic mass is 10.1. The topological polar surface area (TPSA) is 65.4 Å². The number of hydrogen-bond donors (Lipinski definition) is 1. The Hall–Kier alpha value is -3.55. The summed E-state index contributed by atoms with van der Waals surface area (Å²) in [6.07, 6.45) is 3.62. The Labute approximate surface area is 231 Å². The number of amides is 1. The predicted octanol–water partition coefficient (Wildman–Crippen LogP) is 7.49. The van der Waals surface area contributed by atoms with E-state index in [2.05, 4.69) is 5.32 Å². The Bertz CT molecular complexity index is 1390. The highest BCUT2D eigenvalue weighted by molar-refractivity contribution is 6.37. The number of benzene rings is 3. The van der Waals surface area contributed by atoms with Gasteiger partial charge in [-0.15, -0.1) is 0 Å². The summed E-state index contributed by atoms with van der Waals surface area (Å²) >= 11 is 12.5. The van der Waals surface area contributed by atoms with Crippen molar-refractivity contribution in [3.8, 4) is 28.4 Å². The molecule has 0 bridgehead atoms. The Balaban J connectivity index is 1.61. The molecular formula is C29H28Cl2FN3O3. The first-order valence-corrected chi connectivity index (χ1v) is 13.1. The third-order valence-electron chi connectivity index (χ3n) is 5.76. The summed E-state index contributed by atoms with van der Waals surface area (Å²) < 4.78 is 27.6. The maximum Gasteiger partial charge on any atom is 0.251 e. The number of hydrogen-bond acceptors (Lipinski definition) is 4. The van der Waals surface area contributed by atoms with Crippen molar-refractivity contribution in [2.75, 3.05) is 13.2 Å². The summed E-state index contributed by atoms with van der Waals surface area (Å²) in [4.78, 5) is 13.0. The monoisotopic (exact) mass is 555 g/mol. The second-order valence-electron chi connectivity index (χ2n) is 8.51. The maximum absolute atomic E-state index is 14.9. The van der Waals surface area contributed by atoms with Crippen LogP contribution in [0, 0.1) is 5.82 Å². The molecule has 4 aromatic rings. The lowest BCUT2D eigenvalue weighted by Crippen LogP contribution is -2.23. The second-order valence-corrected chi connectivity index (χ2v) is 9.33. The van der Waals surface area contributed by atoms with Crippen molar-refractivity contribution in [2.45, 2.75) is 33.2 Å². The van der Waals surface area contributed by atoms with Gasteiger partial charge in [0.05, 0.1) is 34.6 Å². The molecule has 0 saturated carbocycles. The minimum atomic E-state index is -0.471. The first kappa shape index (κ1) is 27.5. The Morgan fingerprint density at radius 1 is 1.03 bits per heavy atom. The van der Waals surface area contributed by atoms with E-state index in [1.165, 1.54) is 18.2 Å². The number of rotatable bonds is 11. The lowest BCUT2D eigenvalue weighted by molar-refractivity contribution is 0.0951. The number of carbonyl (C=O) groups excluding carboxylic acids is 1. The molecule has 9 heteroatoms. The van der Waals surface area contributed by atoms with Crippen LogP contribution in [-0.2, 0) is 6.54 Å². The molecule has 198 valence electrons. The van der Waals surface area contributed by atoms with E-state index < -0.39 is 5.82 Å². The summed E-state index contributed by atoms with van der Waals surface area (Å²) in [5.41, 5.74) is 2.92. The van der Waals surface area contributed by atoms with E-state index in [0.717, 1.165) is 18.5 Å². The van der Waals surface area contributed by atoms with Gasteiger partial charge < -0.3 is 14.8 Å². The van der Waals surface area contributed by atoms with Gasteiger partial charge in [-0.05, 0) is 55.8 Å². The fourth-order valence-electron chi connectivity index (χ4n) is 3.84. The number of ether oxygens (including phenoxy) is 2. The number of nitrogens with one attached hydrogen (secondary N) is 1. The highest BCUT2D eigenvalue weighted by Gasteiger charge is 2.18. The fraction of sp³-hybridized carbons (Fsp3) is 0.241. The highest BCUT2D eigenvalue weighted by Crippen LogP contribution is 2.34. The zero-order valence-corrected chi connectivity index (χ0v) is 22.7. The molecule has 0 radical (unpaired) electrons. The Kier molecular flexibility index (Phi) is 9.26. The van der Waals surface area contributed by atoms with Gasteiger partial charge in [-0.3, -0.25) is 4.79 Å². The summed E-state index contributed by atoms with van der Waals surface area (Å²) in [5, 5.41) is 8.09. The smallest absolute Gasteiger partial charge is 0.251 e. The van der Waals surface area contributed by atoms with E-state index in [9.17, 15) is 9.18 Å². The average Bonchev–Trinajstić information content (AvgIpc) is 3.35. The van der Waals surface area contributed by atoms with E-state index in [1.54, 1.807) is 16.8 Å². The molecule has 1 aromatic heterocycles. The molecule has 0 saturated heterocycles. The van der Waals surface area contributed by atoms with Crippen molar-refractivity contribution < 1.29 is 18.7 Å². The van der Waals surface area contributed by atoms with E-state index >= 15 is 0 Å². The van der Waals surface area contributed by atoms with Crippen molar-refractivity contribution in [1.29, 1.82) is 0 Å². The minimum absolute atomic E-state index is 0.139. The largest absolute Gasteiger partial charge is 0.491 e. The number of carbonyl (C=O) groups is 1. The van der Waals surface area contributed by atoms with Crippen LogP contribution in [0.5, 0.6) is 11.5 Å². The van der Waals surface area contributed by atoms with Gasteiger partial charge in [0.1, 0.15) is 0 Å². The molecule has 1 amide bonds. The number of halogens is 3. The molecule has 4 rings (SSSR count). The molecule has 1 heterocycles. The number of nitrogens with zero attached hydrogens (tertiary/aromatic N) is 2. The van der Waals surface area contributed by atoms with E-state index in [4.69, 9.17) is 37.8 Å². The van der Waals surface area contributed by atoms with Crippen molar-refractivity contribution in [2.24, 2.45) is 0 Å². The van der Waals surface area contributed by atoms with Gasteiger partial charge in [0, 0.05) is 29.4 Å². The van der Waals surface area contributed by atoms with Gasteiger partial charge in [-0.2, -0.15) is 5.10 Å². The number of unbranched alkanes of at least 4 members (excludes halogenated alkanes) is 1. The zero-order chi connectivity index (χ0) is 27.1. The van der Waals surface area contributed by atoms with E-state index in [1.807, 2.05) is 50.4 Å². The SMILES string of the molecule is CCCCOc1ccc(-c2nn(-c3ccccc3)cc2CNC(=O)c2cc(Cl)c(OCC)c(Cl)c2)cc1F. The van der Waals surface area contributed by atoms with Crippen molar-refractivity contribution in [3.05, 3.63) is 93.8 Å². The lowest BCUT2D eigenvalue weighted by Gasteiger charge is -2.11. The summed E-state index contributed by atoms with van der Waals surface area (Å²) in [5.74, 6) is -0.311. The molecule has 1 N–H and O–H groups in total. The van der Waals surface area contributed by atoms with E-state index in [-0.39, 0.29) is 28.2 Å². The first-order chi connectivity index (χ1) is 18.4. The fourth-order valence-corrected chi connectivity index (χ4v) is 4.43. The van der Waals surface area contributed by atoms with E-state index in [0.29, 0.717) is 41.3 Å². The second kappa shape index (κ2) is 12.8. The molecule has 0 fully saturated rings. The van der Waals surface area contributed by atoms with Crippen molar-refractivity contribution >= 4 is 29.1 Å². The molecule has 0 unspecified atom stereocenters. The highest BCUT2D eigenvalue weighted by atomic mass is 35.5. The van der Waals surface area contributed by atoms with Gasteiger partial charge in [0.25, 0.3) is 5.91 Å². The molecule has 0 spiro atoms. The summed E-state index contributed by atoms with van der Waals surface area (Å²) in [6, 6.07) is 17.3. The van der Waals surface area contributed by atoms with Gasteiger partial charge in [-0.25, -0.2) is 9.07 Å². The van der Waals surface area contributed by atoms with Crippen molar-refractivity contribution in [1.82, 2.24) is 15.1 Å². The Morgan fingerprint density at radius 2 is 1.76 bits per heavy atom. The predicted molar refractivity (Wildman–Crippen MR) is 148 cm³/mol. The molecule has 6 nitrogen and oxygen atoms in total.